The third-order valence-electron chi connectivity index (χ3n) is 2.61. The summed E-state index contributed by atoms with van der Waals surface area (Å²) in [5.74, 6) is -0.266. The van der Waals surface area contributed by atoms with Gasteiger partial charge in [-0.25, -0.2) is 4.39 Å². The van der Waals surface area contributed by atoms with Gasteiger partial charge in [-0.1, -0.05) is 46.3 Å². The number of aliphatic hydroxyl groups is 1. The summed E-state index contributed by atoms with van der Waals surface area (Å²) in [7, 11) is 0. The molecule has 0 saturated heterocycles. The molecule has 0 aliphatic rings. The Morgan fingerprint density at radius 3 is 2.00 bits per heavy atom. The summed E-state index contributed by atoms with van der Waals surface area (Å²) < 4.78 is 13.9. The normalized spacial score (nSPS) is 11.6. The summed E-state index contributed by atoms with van der Waals surface area (Å²) in [6.45, 7) is -0.0528. The molecule has 1 nitrogen and oxygen atoms in total. The highest BCUT2D eigenvalue weighted by molar-refractivity contribution is 9.10. The van der Waals surface area contributed by atoms with E-state index in [1.807, 2.05) is 24.3 Å². The Hall–Kier alpha value is -1.45. The van der Waals surface area contributed by atoms with Crippen molar-refractivity contribution in [2.24, 2.45) is 0 Å². The largest absolute Gasteiger partial charge is 0.392 e. The third-order valence-corrected chi connectivity index (χ3v) is 3.13. The van der Waals surface area contributed by atoms with Gasteiger partial charge in [-0.2, -0.15) is 0 Å². The fourth-order valence-electron chi connectivity index (χ4n) is 1.75. The van der Waals surface area contributed by atoms with E-state index in [0.717, 1.165) is 21.2 Å². The minimum Gasteiger partial charge on any atom is -0.392 e. The summed E-state index contributed by atoms with van der Waals surface area (Å²) in [6, 6.07) is 14.0. The SMILES string of the molecule is OC/C=C(\c1ccc(F)cc1)c1ccc(Br)cc1. The molecule has 0 bridgehead atoms. The van der Waals surface area contributed by atoms with Crippen molar-refractivity contribution in [3.63, 3.8) is 0 Å². The molecule has 0 amide bonds. The lowest BCUT2D eigenvalue weighted by molar-refractivity contribution is 0.343. The average molecular weight is 307 g/mol. The Morgan fingerprint density at radius 2 is 1.50 bits per heavy atom. The first kappa shape index (κ1) is 13.0. The standard InChI is InChI=1S/C15H12BrFO/c16-13-5-1-11(2-6-13)15(9-10-18)12-3-7-14(17)8-4-12/h1-9,18H,10H2/b15-9-. The van der Waals surface area contributed by atoms with Gasteiger partial charge in [-0.3, -0.25) is 0 Å². The van der Waals surface area contributed by atoms with E-state index in [2.05, 4.69) is 15.9 Å². The maximum atomic E-state index is 12.9. The van der Waals surface area contributed by atoms with Crippen LogP contribution in [0, 0.1) is 5.82 Å². The first-order valence-electron chi connectivity index (χ1n) is 5.53. The monoisotopic (exact) mass is 306 g/mol. The van der Waals surface area contributed by atoms with E-state index in [-0.39, 0.29) is 12.4 Å². The van der Waals surface area contributed by atoms with E-state index in [1.165, 1.54) is 12.1 Å². The minimum absolute atomic E-state index is 0.0528. The Bertz CT molecular complexity index is 496. The van der Waals surface area contributed by atoms with Crippen LogP contribution in [-0.2, 0) is 0 Å². The summed E-state index contributed by atoms with van der Waals surface area (Å²) in [4.78, 5) is 0. The molecule has 0 heterocycles. The maximum Gasteiger partial charge on any atom is 0.123 e. The highest BCUT2D eigenvalue weighted by atomic mass is 79.9. The predicted octanol–water partition coefficient (Wildman–Crippen LogP) is 4.01. The molecule has 3 heteroatoms. The van der Waals surface area contributed by atoms with Gasteiger partial charge in [-0.05, 0) is 41.0 Å². The molecule has 0 aromatic heterocycles. The van der Waals surface area contributed by atoms with Gasteiger partial charge in [0.15, 0.2) is 0 Å². The fourth-order valence-corrected chi connectivity index (χ4v) is 2.02. The van der Waals surface area contributed by atoms with E-state index >= 15 is 0 Å². The van der Waals surface area contributed by atoms with E-state index in [9.17, 15) is 4.39 Å². The van der Waals surface area contributed by atoms with Crippen molar-refractivity contribution < 1.29 is 9.50 Å². The lowest BCUT2D eigenvalue weighted by Crippen LogP contribution is -1.90. The van der Waals surface area contributed by atoms with Gasteiger partial charge in [0.2, 0.25) is 0 Å². The third kappa shape index (κ3) is 3.06. The molecule has 1 N–H and O–H groups in total. The van der Waals surface area contributed by atoms with Crippen molar-refractivity contribution in [1.82, 2.24) is 0 Å². The van der Waals surface area contributed by atoms with Crippen molar-refractivity contribution in [1.29, 1.82) is 0 Å². The Labute approximate surface area is 114 Å². The number of hydrogen-bond donors (Lipinski definition) is 1. The van der Waals surface area contributed by atoms with Crippen molar-refractivity contribution >= 4 is 21.5 Å². The average Bonchev–Trinajstić information content (AvgIpc) is 2.39. The Kier molecular flexibility index (Phi) is 4.28. The molecule has 0 atom stereocenters. The molecule has 92 valence electrons. The van der Waals surface area contributed by atoms with Crippen LogP contribution in [0.1, 0.15) is 11.1 Å². The summed E-state index contributed by atoms with van der Waals surface area (Å²) in [5, 5.41) is 9.11. The number of halogens is 2. The lowest BCUT2D eigenvalue weighted by atomic mass is 9.98. The van der Waals surface area contributed by atoms with Crippen LogP contribution in [0.4, 0.5) is 4.39 Å². The van der Waals surface area contributed by atoms with Crippen molar-refractivity contribution in [2.75, 3.05) is 6.61 Å². The maximum absolute atomic E-state index is 12.9. The van der Waals surface area contributed by atoms with E-state index < -0.39 is 0 Å². The summed E-state index contributed by atoms with van der Waals surface area (Å²) >= 11 is 3.38. The van der Waals surface area contributed by atoms with Gasteiger partial charge in [0.25, 0.3) is 0 Å². The molecular formula is C15H12BrFO. The second-order valence-corrected chi connectivity index (χ2v) is 4.73. The van der Waals surface area contributed by atoms with Crippen LogP contribution in [0.5, 0.6) is 0 Å². The van der Waals surface area contributed by atoms with E-state index in [4.69, 9.17) is 5.11 Å². The molecule has 0 aliphatic heterocycles. The first-order valence-corrected chi connectivity index (χ1v) is 6.33. The topological polar surface area (TPSA) is 20.2 Å². The lowest BCUT2D eigenvalue weighted by Gasteiger charge is -2.08. The highest BCUT2D eigenvalue weighted by Gasteiger charge is 2.04. The predicted molar refractivity (Wildman–Crippen MR) is 74.7 cm³/mol. The van der Waals surface area contributed by atoms with Crippen molar-refractivity contribution in [3.05, 3.63) is 76.0 Å². The summed E-state index contributed by atoms with van der Waals surface area (Å²) in [6.07, 6.45) is 1.72. The number of benzene rings is 2. The zero-order valence-corrected chi connectivity index (χ0v) is 11.2. The van der Waals surface area contributed by atoms with E-state index in [0.29, 0.717) is 0 Å². The van der Waals surface area contributed by atoms with Crippen LogP contribution < -0.4 is 0 Å². The highest BCUT2D eigenvalue weighted by Crippen LogP contribution is 2.24. The fraction of sp³-hybridized carbons (Fsp3) is 0.0667. The molecule has 0 unspecified atom stereocenters. The van der Waals surface area contributed by atoms with Crippen LogP contribution in [0.25, 0.3) is 5.57 Å². The van der Waals surface area contributed by atoms with Crippen LogP contribution >= 0.6 is 15.9 Å². The molecular weight excluding hydrogens is 295 g/mol. The molecule has 2 aromatic rings. The van der Waals surface area contributed by atoms with Gasteiger partial charge in [0.05, 0.1) is 6.61 Å². The van der Waals surface area contributed by atoms with Gasteiger partial charge in [0, 0.05) is 4.47 Å². The number of hydrogen-bond acceptors (Lipinski definition) is 1. The quantitative estimate of drug-likeness (QED) is 0.908. The van der Waals surface area contributed by atoms with Gasteiger partial charge in [-0.15, -0.1) is 0 Å². The zero-order valence-electron chi connectivity index (χ0n) is 9.61. The summed E-state index contributed by atoms with van der Waals surface area (Å²) in [5.41, 5.74) is 2.76. The molecule has 2 rings (SSSR count). The Morgan fingerprint density at radius 1 is 1.00 bits per heavy atom. The van der Waals surface area contributed by atoms with E-state index in [1.54, 1.807) is 18.2 Å². The van der Waals surface area contributed by atoms with Crippen LogP contribution in [0.15, 0.2) is 59.1 Å². The number of rotatable bonds is 3. The van der Waals surface area contributed by atoms with Crippen molar-refractivity contribution in [3.8, 4) is 0 Å². The van der Waals surface area contributed by atoms with Gasteiger partial charge in [0.1, 0.15) is 5.82 Å². The van der Waals surface area contributed by atoms with Gasteiger partial charge >= 0.3 is 0 Å². The molecule has 2 aromatic carbocycles. The minimum atomic E-state index is -0.266. The molecule has 0 fully saturated rings. The Balaban J connectivity index is 2.43. The second kappa shape index (κ2) is 5.94. The second-order valence-electron chi connectivity index (χ2n) is 3.81. The first-order chi connectivity index (χ1) is 8.70. The van der Waals surface area contributed by atoms with Crippen molar-refractivity contribution in [2.45, 2.75) is 0 Å². The smallest absolute Gasteiger partial charge is 0.123 e. The van der Waals surface area contributed by atoms with Crippen LogP contribution in [0.3, 0.4) is 0 Å². The van der Waals surface area contributed by atoms with Crippen LogP contribution in [0.2, 0.25) is 0 Å². The van der Waals surface area contributed by atoms with Gasteiger partial charge < -0.3 is 5.11 Å². The molecule has 0 saturated carbocycles. The molecule has 0 radical (unpaired) electrons. The molecule has 18 heavy (non-hydrogen) atoms. The zero-order chi connectivity index (χ0) is 13.0. The molecule has 0 aliphatic carbocycles. The molecule has 0 spiro atoms. The van der Waals surface area contributed by atoms with Crippen LogP contribution in [-0.4, -0.2) is 11.7 Å². The number of aliphatic hydroxyl groups excluding tert-OH is 1.